The molecule has 0 aliphatic carbocycles. The van der Waals surface area contributed by atoms with Gasteiger partial charge in [0.25, 0.3) is 0 Å². The van der Waals surface area contributed by atoms with Crippen molar-refractivity contribution in [1.29, 1.82) is 0 Å². The van der Waals surface area contributed by atoms with Crippen LogP contribution < -0.4 is 5.73 Å². The summed E-state index contributed by atoms with van der Waals surface area (Å²) in [6.45, 7) is 6.33. The molecule has 0 aliphatic heterocycles. The molecule has 0 aromatic heterocycles. The highest BCUT2D eigenvalue weighted by Crippen LogP contribution is 2.11. The second-order valence-electron chi connectivity index (χ2n) is 3.91. The van der Waals surface area contributed by atoms with Gasteiger partial charge in [0.1, 0.15) is 0 Å². The van der Waals surface area contributed by atoms with Crippen LogP contribution in [-0.4, -0.2) is 6.04 Å². The van der Waals surface area contributed by atoms with Crippen LogP contribution >= 0.6 is 0 Å². The average molecular weight is 201 g/mol. The fourth-order valence-electron chi connectivity index (χ4n) is 1.44. The van der Waals surface area contributed by atoms with Gasteiger partial charge in [-0.15, -0.1) is 0 Å². The third kappa shape index (κ3) is 3.42. The fourth-order valence-corrected chi connectivity index (χ4v) is 1.44. The minimum atomic E-state index is 0.00918. The summed E-state index contributed by atoms with van der Waals surface area (Å²) in [5.74, 6) is 6.26. The third-order valence-corrected chi connectivity index (χ3v) is 2.60. The maximum Gasteiger partial charge on any atom is 0.0668 e. The predicted molar refractivity (Wildman–Crippen MR) is 65.7 cm³/mol. The van der Waals surface area contributed by atoms with Gasteiger partial charge in [-0.1, -0.05) is 37.3 Å². The summed E-state index contributed by atoms with van der Waals surface area (Å²) < 4.78 is 0. The number of rotatable bonds is 2. The zero-order valence-corrected chi connectivity index (χ0v) is 9.80. The second kappa shape index (κ2) is 5.58. The van der Waals surface area contributed by atoms with Gasteiger partial charge in [-0.3, -0.25) is 0 Å². The molecule has 0 spiro atoms. The van der Waals surface area contributed by atoms with Crippen LogP contribution in [0, 0.1) is 25.7 Å². The summed E-state index contributed by atoms with van der Waals surface area (Å²) in [4.78, 5) is 0. The Balaban J connectivity index is 2.84. The largest absolute Gasteiger partial charge is 0.318 e. The van der Waals surface area contributed by atoms with E-state index in [0.717, 1.165) is 18.4 Å². The molecule has 0 amide bonds. The normalized spacial score (nSPS) is 11.7. The van der Waals surface area contributed by atoms with Crippen molar-refractivity contribution in [1.82, 2.24) is 0 Å². The van der Waals surface area contributed by atoms with Crippen molar-refractivity contribution in [3.05, 3.63) is 34.9 Å². The van der Waals surface area contributed by atoms with E-state index in [1.54, 1.807) is 0 Å². The molecule has 0 radical (unpaired) electrons. The molecule has 0 saturated carbocycles. The molecule has 80 valence electrons. The lowest BCUT2D eigenvalue weighted by molar-refractivity contribution is 0.720. The molecule has 1 aromatic rings. The maximum absolute atomic E-state index is 5.85. The van der Waals surface area contributed by atoms with Gasteiger partial charge in [0.2, 0.25) is 0 Å². The standard InChI is InChI=1S/C14H19N/c1-4-6-14(15)10-9-13-8-5-7-11(2)12(13)3/h5,7-8,14H,4,6,15H2,1-3H3. The van der Waals surface area contributed by atoms with Gasteiger partial charge in [-0.2, -0.15) is 0 Å². The minimum absolute atomic E-state index is 0.00918. The van der Waals surface area contributed by atoms with Gasteiger partial charge in [0, 0.05) is 5.56 Å². The summed E-state index contributed by atoms with van der Waals surface area (Å²) >= 11 is 0. The van der Waals surface area contributed by atoms with Crippen LogP contribution in [0.2, 0.25) is 0 Å². The topological polar surface area (TPSA) is 26.0 Å². The Morgan fingerprint density at radius 2 is 2.07 bits per heavy atom. The molecule has 0 saturated heterocycles. The van der Waals surface area contributed by atoms with Crippen LogP contribution in [0.15, 0.2) is 18.2 Å². The molecular formula is C14H19N. The highest BCUT2D eigenvalue weighted by Gasteiger charge is 1.97. The Kier molecular flexibility index (Phi) is 4.39. The van der Waals surface area contributed by atoms with Crippen LogP contribution in [0.3, 0.4) is 0 Å². The maximum atomic E-state index is 5.85. The quantitative estimate of drug-likeness (QED) is 0.732. The summed E-state index contributed by atoms with van der Waals surface area (Å²) in [5, 5.41) is 0. The number of hydrogen-bond acceptors (Lipinski definition) is 1. The molecule has 1 unspecified atom stereocenters. The summed E-state index contributed by atoms with van der Waals surface area (Å²) in [6.07, 6.45) is 2.06. The summed E-state index contributed by atoms with van der Waals surface area (Å²) in [6, 6.07) is 6.20. The fraction of sp³-hybridized carbons (Fsp3) is 0.429. The van der Waals surface area contributed by atoms with E-state index in [0.29, 0.717) is 0 Å². The molecule has 0 fully saturated rings. The Morgan fingerprint density at radius 3 is 2.73 bits per heavy atom. The van der Waals surface area contributed by atoms with Gasteiger partial charge in [-0.05, 0) is 37.5 Å². The number of aryl methyl sites for hydroxylation is 1. The van der Waals surface area contributed by atoms with Gasteiger partial charge < -0.3 is 5.73 Å². The van der Waals surface area contributed by atoms with Crippen molar-refractivity contribution >= 4 is 0 Å². The molecule has 15 heavy (non-hydrogen) atoms. The van der Waals surface area contributed by atoms with Crippen molar-refractivity contribution in [3.8, 4) is 11.8 Å². The first kappa shape index (κ1) is 11.8. The zero-order valence-electron chi connectivity index (χ0n) is 9.80. The predicted octanol–water partition coefficient (Wildman–Crippen LogP) is 2.78. The van der Waals surface area contributed by atoms with Crippen molar-refractivity contribution in [2.24, 2.45) is 5.73 Å². The molecule has 0 heterocycles. The van der Waals surface area contributed by atoms with Gasteiger partial charge in [0.05, 0.1) is 6.04 Å². The van der Waals surface area contributed by atoms with E-state index >= 15 is 0 Å². The van der Waals surface area contributed by atoms with Crippen molar-refractivity contribution < 1.29 is 0 Å². The molecule has 1 heteroatoms. The lowest BCUT2D eigenvalue weighted by Crippen LogP contribution is -2.16. The number of benzene rings is 1. The summed E-state index contributed by atoms with van der Waals surface area (Å²) in [7, 11) is 0. The Hall–Kier alpha value is -1.26. The monoisotopic (exact) mass is 201 g/mol. The van der Waals surface area contributed by atoms with E-state index in [9.17, 15) is 0 Å². The SMILES string of the molecule is CCCC(N)C#Cc1cccc(C)c1C. The minimum Gasteiger partial charge on any atom is -0.318 e. The molecule has 0 bridgehead atoms. The Bertz CT molecular complexity index is 382. The average Bonchev–Trinajstić information content (AvgIpc) is 2.21. The van der Waals surface area contributed by atoms with E-state index in [1.165, 1.54) is 11.1 Å². The smallest absolute Gasteiger partial charge is 0.0668 e. The Morgan fingerprint density at radius 1 is 1.33 bits per heavy atom. The van der Waals surface area contributed by atoms with Gasteiger partial charge in [-0.25, -0.2) is 0 Å². The molecular weight excluding hydrogens is 182 g/mol. The molecule has 1 aromatic carbocycles. The zero-order chi connectivity index (χ0) is 11.3. The van der Waals surface area contributed by atoms with Crippen LogP contribution in [0.25, 0.3) is 0 Å². The highest BCUT2D eigenvalue weighted by molar-refractivity contribution is 5.44. The first-order valence-corrected chi connectivity index (χ1v) is 5.48. The van der Waals surface area contributed by atoms with Crippen LogP contribution in [0.4, 0.5) is 0 Å². The van der Waals surface area contributed by atoms with E-state index < -0.39 is 0 Å². The van der Waals surface area contributed by atoms with Crippen molar-refractivity contribution in [2.45, 2.75) is 39.7 Å². The van der Waals surface area contributed by atoms with E-state index in [2.05, 4.69) is 38.7 Å². The number of nitrogens with two attached hydrogens (primary N) is 1. The first-order valence-electron chi connectivity index (χ1n) is 5.48. The molecule has 1 rings (SSSR count). The highest BCUT2D eigenvalue weighted by atomic mass is 14.6. The van der Waals surface area contributed by atoms with E-state index in [-0.39, 0.29) is 6.04 Å². The first-order chi connectivity index (χ1) is 7.15. The lowest BCUT2D eigenvalue weighted by atomic mass is 10.0. The van der Waals surface area contributed by atoms with Crippen molar-refractivity contribution in [3.63, 3.8) is 0 Å². The molecule has 1 nitrogen and oxygen atoms in total. The van der Waals surface area contributed by atoms with Crippen LogP contribution in [-0.2, 0) is 0 Å². The van der Waals surface area contributed by atoms with E-state index in [4.69, 9.17) is 5.73 Å². The van der Waals surface area contributed by atoms with Crippen LogP contribution in [0.1, 0.15) is 36.5 Å². The molecule has 0 aliphatic rings. The Labute approximate surface area is 92.7 Å². The molecule has 2 N–H and O–H groups in total. The van der Waals surface area contributed by atoms with E-state index in [1.807, 2.05) is 12.1 Å². The molecule has 1 atom stereocenters. The van der Waals surface area contributed by atoms with Crippen LogP contribution in [0.5, 0.6) is 0 Å². The number of hydrogen-bond donors (Lipinski definition) is 1. The van der Waals surface area contributed by atoms with Gasteiger partial charge in [0.15, 0.2) is 0 Å². The third-order valence-electron chi connectivity index (χ3n) is 2.60. The van der Waals surface area contributed by atoms with Crippen molar-refractivity contribution in [2.75, 3.05) is 0 Å². The van der Waals surface area contributed by atoms with Gasteiger partial charge >= 0.3 is 0 Å². The second-order valence-corrected chi connectivity index (χ2v) is 3.91. The summed E-state index contributed by atoms with van der Waals surface area (Å²) in [5.41, 5.74) is 9.49. The lowest BCUT2D eigenvalue weighted by Gasteiger charge is -2.03.